The Bertz CT molecular complexity index is 4370. The van der Waals surface area contributed by atoms with Crippen molar-refractivity contribution in [2.45, 2.75) is 227 Å². The predicted octanol–water partition coefficient (Wildman–Crippen LogP) is 20.5. The third-order valence-corrected chi connectivity index (χ3v) is 21.4. The molecule has 0 saturated heterocycles. The summed E-state index contributed by atoms with van der Waals surface area (Å²) in [6.07, 6.45) is 33.8. The normalized spacial score (nSPS) is 11.5. The Labute approximate surface area is 741 Å². The Morgan fingerprint density at radius 1 is 0.301 bits per heavy atom. The van der Waals surface area contributed by atoms with Crippen molar-refractivity contribution >= 4 is 23.3 Å². The third-order valence-electron chi connectivity index (χ3n) is 21.4. The van der Waals surface area contributed by atoms with Crippen molar-refractivity contribution < 1.29 is 4.74 Å². The molecule has 5 N–H and O–H groups in total. The SMILES string of the molecule is CCCCN(C)Cc1cn[nH]c1-c1ccc(N(CC)CC(C)C)nc1.CCCCN(C)Cc1cn[nH]c1-c1ccc(N(CC)CCC(C)C)nc1.CCCCN(C)Cc1cn[nH]c1-c1ccc(OCC(C)C)nc1.CCCCN(C)Cc1cn[nH]c1-c1ccnc(N(C)CC(C)C)c1.CCCCN(C)Cc1cn[nH]c1-c1ccnc(N(C)CCC(C)C)c1. The summed E-state index contributed by atoms with van der Waals surface area (Å²) >= 11 is 0. The standard InChI is InChI=1S/C21H35N5.2C20H33N5.C19H31N5.C18H28N4O/c1-6-8-12-25(5)16-19-15-23-24-21(19)18-9-10-20(22-14-18)26(7-2)13-11-17(3)4;1-6-7-11-24(4)15-18-14-22-23-20(18)17-8-10-21-19(13-17)25(5)12-9-16(2)3;1-6-8-11-24(5)15-18-13-22-23-20(18)17-9-10-19(21-12-17)25(7-2)14-16(3)4;1-6-7-10-23(4)14-17-12-21-22-19(17)16-8-9-20-18(11-16)24(5)13-15(2)3;1-5-6-9-22(4)12-16-11-20-21-18(16)15-7-8-17(19-10-15)23-13-14(2)3/h9-10,14-15,17H,6-8,11-13,16H2,1-5H3,(H,23,24);8,10,13-14,16H,6-7,9,11-12,15H2,1-5H3,(H,22,23);9-10,12-13,16H,6-8,11,14-15H2,1-5H3,(H,22,23);8-9,11-12,15H,6-7,10,13-14H2,1-5H3,(H,21,22);7-8,10-11,14H,5-6,9,12-13H2,1-4H3,(H,20,21). The van der Waals surface area contributed by atoms with Gasteiger partial charge in [-0.25, -0.2) is 24.9 Å². The van der Waals surface area contributed by atoms with Gasteiger partial charge in [-0.1, -0.05) is 136 Å². The third kappa shape index (κ3) is 36.7. The molecule has 0 bridgehead atoms. The van der Waals surface area contributed by atoms with E-state index in [4.69, 9.17) is 14.7 Å². The molecule has 0 aliphatic heterocycles. The lowest BCUT2D eigenvalue weighted by Gasteiger charge is -2.24. The number of unbranched alkanes of at least 4 members (excludes halogenated alkanes) is 5. The largest absolute Gasteiger partial charge is 0.477 e. The molecule has 123 heavy (non-hydrogen) atoms. The van der Waals surface area contributed by atoms with E-state index in [1.165, 1.54) is 105 Å². The monoisotopic (exact) mass is 1690 g/mol. The molecule has 10 aromatic rings. The molecule has 0 saturated carbocycles. The summed E-state index contributed by atoms with van der Waals surface area (Å²) in [7, 11) is 15.0. The zero-order valence-electron chi connectivity index (χ0n) is 80.3. The minimum absolute atomic E-state index is 0.495. The van der Waals surface area contributed by atoms with Gasteiger partial charge in [0.2, 0.25) is 5.88 Å². The van der Waals surface area contributed by atoms with Crippen LogP contribution in [-0.2, 0) is 32.7 Å². The molecule has 0 amide bonds. The van der Waals surface area contributed by atoms with E-state index < -0.39 is 0 Å². The summed E-state index contributed by atoms with van der Waals surface area (Å²) in [6.45, 7) is 54.5. The smallest absolute Gasteiger partial charge is 0.213 e. The minimum atomic E-state index is 0.495. The molecule has 0 atom stereocenters. The fourth-order valence-corrected chi connectivity index (χ4v) is 14.1. The molecule has 0 aliphatic carbocycles. The number of hydrogen-bond donors (Lipinski definition) is 5. The van der Waals surface area contributed by atoms with Gasteiger partial charge in [0.05, 0.1) is 66.1 Å². The van der Waals surface area contributed by atoms with Gasteiger partial charge in [-0.05, 0) is 211 Å². The number of anilines is 4. The lowest BCUT2D eigenvalue weighted by Crippen LogP contribution is -2.27. The van der Waals surface area contributed by atoms with Crippen LogP contribution in [0.3, 0.4) is 0 Å². The Kier molecular flexibility index (Phi) is 47.0. The first-order chi connectivity index (χ1) is 59.2. The van der Waals surface area contributed by atoms with Gasteiger partial charge in [0.1, 0.15) is 23.3 Å². The second-order valence-electron chi connectivity index (χ2n) is 35.6. The van der Waals surface area contributed by atoms with Gasteiger partial charge in [-0.15, -0.1) is 0 Å². The molecule has 0 spiro atoms. The lowest BCUT2D eigenvalue weighted by molar-refractivity contribution is 0.261. The second-order valence-corrected chi connectivity index (χ2v) is 35.6. The molecule has 0 radical (unpaired) electrons. The van der Waals surface area contributed by atoms with E-state index in [1.807, 2.05) is 74.1 Å². The van der Waals surface area contributed by atoms with Crippen LogP contribution < -0.4 is 24.3 Å². The molecule has 0 fully saturated rings. The Morgan fingerprint density at radius 3 is 0.927 bits per heavy atom. The first-order valence-corrected chi connectivity index (χ1v) is 46.1. The summed E-state index contributed by atoms with van der Waals surface area (Å²) in [5.74, 6) is 7.91. The molecule has 0 aliphatic rings. The lowest BCUT2D eigenvalue weighted by atomic mass is 10.1. The van der Waals surface area contributed by atoms with Gasteiger partial charge in [0, 0.05) is 179 Å². The summed E-state index contributed by atoms with van der Waals surface area (Å²) < 4.78 is 5.63. The van der Waals surface area contributed by atoms with Crippen molar-refractivity contribution in [3.8, 4) is 62.2 Å². The number of pyridine rings is 5. The highest BCUT2D eigenvalue weighted by Crippen LogP contribution is 2.31. The van der Waals surface area contributed by atoms with Crippen molar-refractivity contribution in [2.75, 3.05) is 148 Å². The van der Waals surface area contributed by atoms with Crippen LogP contribution in [0.5, 0.6) is 5.88 Å². The number of aromatic amines is 5. The number of nitrogens with zero attached hydrogens (tertiary/aromatic N) is 19. The van der Waals surface area contributed by atoms with Gasteiger partial charge in [-0.3, -0.25) is 25.5 Å². The van der Waals surface area contributed by atoms with Crippen molar-refractivity contribution in [3.63, 3.8) is 0 Å². The Morgan fingerprint density at radius 2 is 0.626 bits per heavy atom. The summed E-state index contributed by atoms with van der Waals surface area (Å²) in [4.78, 5) is 43.7. The van der Waals surface area contributed by atoms with Gasteiger partial charge in [0.15, 0.2) is 0 Å². The molecular formula is C98H160N24O. The van der Waals surface area contributed by atoms with Crippen molar-refractivity contribution in [1.82, 2.24) is 100 Å². The molecule has 10 rings (SSSR count). The van der Waals surface area contributed by atoms with E-state index >= 15 is 0 Å². The Hall–Kier alpha value is -9.40. The summed E-state index contributed by atoms with van der Waals surface area (Å²) in [5.41, 5.74) is 17.0. The van der Waals surface area contributed by atoms with Crippen molar-refractivity contribution in [3.05, 3.63) is 150 Å². The van der Waals surface area contributed by atoms with Crippen LogP contribution in [0.4, 0.5) is 23.3 Å². The fourth-order valence-electron chi connectivity index (χ4n) is 14.1. The van der Waals surface area contributed by atoms with Crippen LogP contribution in [0.2, 0.25) is 0 Å². The van der Waals surface area contributed by atoms with Crippen LogP contribution in [-0.4, -0.2) is 228 Å². The average molecular weight is 1690 g/mol. The average Bonchev–Trinajstić information content (AvgIpc) is 1.77. The highest BCUT2D eigenvalue weighted by molar-refractivity contribution is 5.68. The topological polar surface area (TPSA) is 246 Å². The fraction of sp³-hybridized carbons (Fsp3) is 0.592. The minimum Gasteiger partial charge on any atom is -0.477 e. The molecule has 0 aromatic carbocycles. The maximum atomic E-state index is 5.63. The molecule has 0 unspecified atom stereocenters. The number of ether oxygens (including phenoxy) is 1. The van der Waals surface area contributed by atoms with Gasteiger partial charge < -0.3 is 48.8 Å². The number of nitrogens with one attached hydrogen (secondary N) is 5. The molecule has 25 nitrogen and oxygen atoms in total. The summed E-state index contributed by atoms with van der Waals surface area (Å²) in [5, 5.41) is 37.0. The first kappa shape index (κ1) is 102. The quantitative estimate of drug-likeness (QED) is 0.0238. The van der Waals surface area contributed by atoms with Crippen molar-refractivity contribution in [2.24, 2.45) is 29.6 Å². The van der Waals surface area contributed by atoms with Gasteiger partial charge in [-0.2, -0.15) is 25.5 Å². The van der Waals surface area contributed by atoms with Crippen LogP contribution >= 0.6 is 0 Å². The number of H-pyrrole nitrogens is 5. The molecular weight excluding hydrogens is 1530 g/mol. The first-order valence-electron chi connectivity index (χ1n) is 46.1. The number of aromatic nitrogens is 15. The predicted molar refractivity (Wildman–Crippen MR) is 517 cm³/mol. The van der Waals surface area contributed by atoms with Crippen LogP contribution in [0.25, 0.3) is 56.3 Å². The van der Waals surface area contributed by atoms with Crippen LogP contribution in [0, 0.1) is 29.6 Å². The van der Waals surface area contributed by atoms with E-state index in [-0.39, 0.29) is 0 Å². The maximum Gasteiger partial charge on any atom is 0.213 e. The zero-order chi connectivity index (χ0) is 89.6. The van der Waals surface area contributed by atoms with Crippen LogP contribution in [0.1, 0.15) is 223 Å². The van der Waals surface area contributed by atoms with E-state index in [0.717, 1.165) is 184 Å². The van der Waals surface area contributed by atoms with E-state index in [0.29, 0.717) is 42.1 Å². The molecule has 10 aromatic heterocycles. The highest BCUT2D eigenvalue weighted by atomic mass is 16.5. The number of rotatable bonds is 49. The summed E-state index contributed by atoms with van der Waals surface area (Å²) in [6, 6.07) is 20.9. The zero-order valence-corrected chi connectivity index (χ0v) is 80.3. The maximum absolute atomic E-state index is 5.63. The van der Waals surface area contributed by atoms with E-state index in [9.17, 15) is 0 Å². The van der Waals surface area contributed by atoms with E-state index in [1.54, 1.807) is 0 Å². The van der Waals surface area contributed by atoms with Crippen LogP contribution in [0.15, 0.2) is 123 Å². The Balaban J connectivity index is 0.000000238. The second kappa shape index (κ2) is 56.5. The van der Waals surface area contributed by atoms with Gasteiger partial charge >= 0.3 is 0 Å². The van der Waals surface area contributed by atoms with Gasteiger partial charge in [0.25, 0.3) is 0 Å². The van der Waals surface area contributed by atoms with Crippen molar-refractivity contribution in [1.29, 1.82) is 0 Å². The molecule has 10 heterocycles. The molecule has 678 valence electrons. The number of hydrogen-bond acceptors (Lipinski definition) is 20. The molecule has 25 heteroatoms. The highest BCUT2D eigenvalue weighted by Gasteiger charge is 2.20. The van der Waals surface area contributed by atoms with E-state index in [2.05, 4.69) is 326 Å².